The van der Waals surface area contributed by atoms with Crippen LogP contribution < -0.4 is 8.92 Å². The molecule has 0 fully saturated rings. The van der Waals surface area contributed by atoms with Crippen molar-refractivity contribution in [3.8, 4) is 17.6 Å². The zero-order valence-corrected chi connectivity index (χ0v) is 12.1. The third kappa shape index (κ3) is 3.74. The van der Waals surface area contributed by atoms with Crippen LogP contribution in [0.5, 0.6) is 11.5 Å². The van der Waals surface area contributed by atoms with Crippen LogP contribution in [0, 0.1) is 11.3 Å². The van der Waals surface area contributed by atoms with Crippen molar-refractivity contribution >= 4 is 10.1 Å². The molecular formula is C15H13NO4S. The second-order valence-corrected chi connectivity index (χ2v) is 5.63. The SMILES string of the molecule is CCOc1ccc(S(=O)(=O)Oc2cccc(C#N)c2)cc1. The molecule has 0 aromatic heterocycles. The fourth-order valence-corrected chi connectivity index (χ4v) is 2.58. The summed E-state index contributed by atoms with van der Waals surface area (Å²) in [5, 5.41) is 8.79. The molecule has 0 bridgehead atoms. The van der Waals surface area contributed by atoms with Gasteiger partial charge in [0.15, 0.2) is 0 Å². The third-order valence-corrected chi connectivity index (χ3v) is 3.85. The van der Waals surface area contributed by atoms with E-state index in [1.807, 2.05) is 13.0 Å². The topological polar surface area (TPSA) is 76.4 Å². The molecule has 108 valence electrons. The Bertz CT molecular complexity index is 761. The average Bonchev–Trinajstić information content (AvgIpc) is 2.48. The monoisotopic (exact) mass is 303 g/mol. The molecule has 2 aromatic rings. The van der Waals surface area contributed by atoms with Crippen LogP contribution in [0.3, 0.4) is 0 Å². The molecule has 0 aliphatic rings. The first-order valence-electron chi connectivity index (χ1n) is 6.22. The summed E-state index contributed by atoms with van der Waals surface area (Å²) in [7, 11) is -3.93. The first-order valence-corrected chi connectivity index (χ1v) is 7.63. The minimum absolute atomic E-state index is 0.0216. The molecule has 0 heterocycles. The molecule has 0 aliphatic carbocycles. The fourth-order valence-electron chi connectivity index (χ4n) is 1.66. The van der Waals surface area contributed by atoms with Crippen molar-refractivity contribution in [2.75, 3.05) is 6.61 Å². The van der Waals surface area contributed by atoms with Crippen LogP contribution in [-0.2, 0) is 10.1 Å². The summed E-state index contributed by atoms with van der Waals surface area (Å²) in [6.45, 7) is 2.35. The highest BCUT2D eigenvalue weighted by atomic mass is 32.2. The van der Waals surface area contributed by atoms with Crippen LogP contribution in [0.1, 0.15) is 12.5 Å². The second kappa shape index (κ2) is 6.29. The largest absolute Gasteiger partial charge is 0.494 e. The third-order valence-electron chi connectivity index (χ3n) is 2.59. The van der Waals surface area contributed by atoms with Gasteiger partial charge in [0.05, 0.1) is 18.2 Å². The number of benzene rings is 2. The zero-order valence-electron chi connectivity index (χ0n) is 11.3. The lowest BCUT2D eigenvalue weighted by Gasteiger charge is -2.08. The summed E-state index contributed by atoms with van der Waals surface area (Å²) in [6.07, 6.45) is 0. The quantitative estimate of drug-likeness (QED) is 0.794. The maximum atomic E-state index is 12.1. The highest BCUT2D eigenvalue weighted by Gasteiger charge is 2.16. The lowest BCUT2D eigenvalue weighted by molar-refractivity contribution is 0.340. The van der Waals surface area contributed by atoms with E-state index in [1.165, 1.54) is 24.3 Å². The Morgan fingerprint density at radius 3 is 2.43 bits per heavy atom. The number of ether oxygens (including phenoxy) is 1. The summed E-state index contributed by atoms with van der Waals surface area (Å²) in [4.78, 5) is 0.0216. The van der Waals surface area contributed by atoms with E-state index in [4.69, 9.17) is 14.2 Å². The van der Waals surface area contributed by atoms with Gasteiger partial charge in [0.1, 0.15) is 16.4 Å². The van der Waals surface area contributed by atoms with Crippen LogP contribution >= 0.6 is 0 Å². The number of nitriles is 1. The van der Waals surface area contributed by atoms with Gasteiger partial charge in [-0.3, -0.25) is 0 Å². The minimum atomic E-state index is -3.93. The van der Waals surface area contributed by atoms with Crippen molar-refractivity contribution in [3.63, 3.8) is 0 Å². The van der Waals surface area contributed by atoms with Gasteiger partial charge in [0.2, 0.25) is 0 Å². The van der Waals surface area contributed by atoms with E-state index in [-0.39, 0.29) is 10.6 Å². The predicted octanol–water partition coefficient (Wildman–Crippen LogP) is 2.72. The van der Waals surface area contributed by atoms with Crippen molar-refractivity contribution in [2.45, 2.75) is 11.8 Å². The Morgan fingerprint density at radius 2 is 1.81 bits per heavy atom. The van der Waals surface area contributed by atoms with Gasteiger partial charge in [0, 0.05) is 0 Å². The van der Waals surface area contributed by atoms with Crippen molar-refractivity contribution in [1.29, 1.82) is 5.26 Å². The van der Waals surface area contributed by atoms with Crippen LogP contribution in [0.25, 0.3) is 0 Å². The molecule has 21 heavy (non-hydrogen) atoms. The van der Waals surface area contributed by atoms with Gasteiger partial charge in [0.25, 0.3) is 0 Å². The fraction of sp³-hybridized carbons (Fsp3) is 0.133. The summed E-state index contributed by atoms with van der Waals surface area (Å²) >= 11 is 0. The molecule has 5 nitrogen and oxygen atoms in total. The second-order valence-electron chi connectivity index (χ2n) is 4.08. The van der Waals surface area contributed by atoms with Crippen LogP contribution in [0.2, 0.25) is 0 Å². The van der Waals surface area contributed by atoms with Gasteiger partial charge < -0.3 is 8.92 Å². The van der Waals surface area contributed by atoms with E-state index < -0.39 is 10.1 Å². The van der Waals surface area contributed by atoms with E-state index >= 15 is 0 Å². The summed E-state index contributed by atoms with van der Waals surface area (Å²) in [6, 6.07) is 13.8. The predicted molar refractivity (Wildman–Crippen MR) is 76.6 cm³/mol. The molecule has 2 aromatic carbocycles. The average molecular weight is 303 g/mol. The minimum Gasteiger partial charge on any atom is -0.494 e. The molecule has 0 unspecified atom stereocenters. The molecule has 0 amide bonds. The zero-order chi connectivity index (χ0) is 15.3. The van der Waals surface area contributed by atoms with E-state index in [1.54, 1.807) is 24.3 Å². The van der Waals surface area contributed by atoms with E-state index in [0.717, 1.165) is 0 Å². The maximum Gasteiger partial charge on any atom is 0.339 e. The molecular weight excluding hydrogens is 290 g/mol. The number of hydrogen-bond donors (Lipinski definition) is 0. The van der Waals surface area contributed by atoms with E-state index in [2.05, 4.69) is 0 Å². The molecule has 2 rings (SSSR count). The summed E-state index contributed by atoms with van der Waals surface area (Å²) in [5.41, 5.74) is 0.328. The van der Waals surface area contributed by atoms with Crippen molar-refractivity contribution in [2.24, 2.45) is 0 Å². The Balaban J connectivity index is 2.23. The van der Waals surface area contributed by atoms with Gasteiger partial charge in [-0.05, 0) is 49.4 Å². The van der Waals surface area contributed by atoms with Crippen LogP contribution in [0.4, 0.5) is 0 Å². The van der Waals surface area contributed by atoms with E-state index in [9.17, 15) is 8.42 Å². The van der Waals surface area contributed by atoms with Gasteiger partial charge in [-0.15, -0.1) is 0 Å². The van der Waals surface area contributed by atoms with Gasteiger partial charge in [-0.1, -0.05) is 6.07 Å². The molecule has 0 N–H and O–H groups in total. The van der Waals surface area contributed by atoms with Crippen LogP contribution in [-0.4, -0.2) is 15.0 Å². The maximum absolute atomic E-state index is 12.1. The van der Waals surface area contributed by atoms with Crippen LogP contribution in [0.15, 0.2) is 53.4 Å². The highest BCUT2D eigenvalue weighted by Crippen LogP contribution is 2.21. The van der Waals surface area contributed by atoms with Gasteiger partial charge in [-0.2, -0.15) is 13.7 Å². The molecule has 0 atom stereocenters. The summed E-state index contributed by atoms with van der Waals surface area (Å²) < 4.78 is 34.5. The lowest BCUT2D eigenvalue weighted by atomic mass is 10.2. The Labute approximate surface area is 123 Å². The van der Waals surface area contributed by atoms with Crippen molar-refractivity contribution in [1.82, 2.24) is 0 Å². The Morgan fingerprint density at radius 1 is 1.10 bits per heavy atom. The molecule has 0 spiro atoms. The lowest BCUT2D eigenvalue weighted by Crippen LogP contribution is -2.09. The number of nitrogens with zero attached hydrogens (tertiary/aromatic N) is 1. The first kappa shape index (κ1) is 14.9. The van der Waals surface area contributed by atoms with Crippen molar-refractivity contribution in [3.05, 3.63) is 54.1 Å². The smallest absolute Gasteiger partial charge is 0.339 e. The number of rotatable bonds is 5. The molecule has 0 saturated heterocycles. The molecule has 0 saturated carbocycles. The first-order chi connectivity index (χ1) is 10.0. The van der Waals surface area contributed by atoms with Crippen molar-refractivity contribution < 1.29 is 17.3 Å². The van der Waals surface area contributed by atoms with Gasteiger partial charge in [-0.25, -0.2) is 0 Å². The normalized spacial score (nSPS) is 10.7. The Kier molecular flexibility index (Phi) is 4.45. The molecule has 0 aliphatic heterocycles. The summed E-state index contributed by atoms with van der Waals surface area (Å²) in [5.74, 6) is 0.686. The standard InChI is InChI=1S/C15H13NO4S/c1-2-19-13-6-8-15(9-7-13)21(17,18)20-14-5-3-4-12(10-14)11-16/h3-10H,2H2,1H3. The molecule has 0 radical (unpaired) electrons. The molecule has 6 heteroatoms. The Hall–Kier alpha value is -2.52. The van der Waals surface area contributed by atoms with Gasteiger partial charge >= 0.3 is 10.1 Å². The highest BCUT2D eigenvalue weighted by molar-refractivity contribution is 7.87. The number of hydrogen-bond acceptors (Lipinski definition) is 5. The van der Waals surface area contributed by atoms with E-state index in [0.29, 0.717) is 17.9 Å².